The Morgan fingerprint density at radius 3 is 2.29 bits per heavy atom. The second-order valence-corrected chi connectivity index (χ2v) is 5.13. The average Bonchev–Trinajstić information content (AvgIpc) is 2.48. The third-order valence-corrected chi connectivity index (χ3v) is 3.56. The summed E-state index contributed by atoms with van der Waals surface area (Å²) in [6.07, 6.45) is 0. The minimum absolute atomic E-state index is 0.0484. The quantitative estimate of drug-likeness (QED) is 0.836. The summed E-state index contributed by atoms with van der Waals surface area (Å²) in [6.45, 7) is 6.68. The molecule has 1 unspecified atom stereocenters. The van der Waals surface area contributed by atoms with E-state index in [1.54, 1.807) is 6.07 Å². The molecule has 0 radical (unpaired) electrons. The Bertz CT molecular complexity index is 568. The molecule has 21 heavy (non-hydrogen) atoms. The molecule has 2 aromatic carbocycles. The van der Waals surface area contributed by atoms with Crippen LogP contribution in [0.2, 0.25) is 0 Å². The van der Waals surface area contributed by atoms with Crippen LogP contribution < -0.4 is 10.1 Å². The monoisotopic (exact) mass is 287 g/mol. The molecular weight excluding hydrogens is 265 g/mol. The van der Waals surface area contributed by atoms with Gasteiger partial charge in [0.1, 0.15) is 11.6 Å². The van der Waals surface area contributed by atoms with E-state index in [2.05, 4.69) is 12.2 Å². The number of nitrogens with one attached hydrogen (secondary N) is 1. The molecule has 112 valence electrons. The Kier molecular flexibility index (Phi) is 5.34. The molecule has 2 aromatic rings. The van der Waals surface area contributed by atoms with Gasteiger partial charge in [0.05, 0.1) is 6.61 Å². The summed E-state index contributed by atoms with van der Waals surface area (Å²) in [6, 6.07) is 15.0. The summed E-state index contributed by atoms with van der Waals surface area (Å²) >= 11 is 0. The first-order valence-electron chi connectivity index (χ1n) is 7.35. The molecular formula is C18H22FNO. The van der Waals surface area contributed by atoms with Crippen LogP contribution in [0.4, 0.5) is 4.39 Å². The largest absolute Gasteiger partial charge is 0.494 e. The third-order valence-electron chi connectivity index (χ3n) is 3.56. The predicted octanol–water partition coefficient (Wildman–Crippen LogP) is 4.64. The van der Waals surface area contributed by atoms with Crippen LogP contribution in [0.15, 0.2) is 48.5 Å². The van der Waals surface area contributed by atoms with Crippen LogP contribution in [-0.4, -0.2) is 6.61 Å². The van der Waals surface area contributed by atoms with Gasteiger partial charge in [-0.05, 0) is 44.5 Å². The van der Waals surface area contributed by atoms with Crippen LogP contribution in [0.5, 0.6) is 5.75 Å². The van der Waals surface area contributed by atoms with Gasteiger partial charge in [-0.2, -0.15) is 0 Å². The van der Waals surface area contributed by atoms with Crippen molar-refractivity contribution in [1.82, 2.24) is 5.32 Å². The van der Waals surface area contributed by atoms with Crippen LogP contribution in [0.3, 0.4) is 0 Å². The number of ether oxygens (including phenoxy) is 1. The standard InChI is InChI=1S/C18H22FNO/c1-4-21-16-11-9-15(10-12-16)13(2)20-14(3)17-7-5-6-8-18(17)19/h5-14,20H,4H2,1-3H3/t13?,14-/m1/s1. The molecule has 3 heteroatoms. The minimum atomic E-state index is -0.170. The molecule has 0 fully saturated rings. The van der Waals surface area contributed by atoms with Gasteiger partial charge in [0.25, 0.3) is 0 Å². The molecule has 0 saturated heterocycles. The van der Waals surface area contributed by atoms with E-state index in [0.29, 0.717) is 12.2 Å². The van der Waals surface area contributed by atoms with Gasteiger partial charge < -0.3 is 10.1 Å². The first kappa shape index (κ1) is 15.5. The van der Waals surface area contributed by atoms with E-state index in [1.807, 2.05) is 50.2 Å². The summed E-state index contributed by atoms with van der Waals surface area (Å²) in [4.78, 5) is 0. The third kappa shape index (κ3) is 4.05. The Hall–Kier alpha value is -1.87. The molecule has 2 atom stereocenters. The highest BCUT2D eigenvalue weighted by Gasteiger charge is 2.14. The zero-order valence-electron chi connectivity index (χ0n) is 12.8. The molecule has 0 amide bonds. The normalized spacial score (nSPS) is 13.7. The molecule has 2 nitrogen and oxygen atoms in total. The van der Waals surface area contributed by atoms with Crippen molar-refractivity contribution in [2.45, 2.75) is 32.9 Å². The predicted molar refractivity (Wildman–Crippen MR) is 84.0 cm³/mol. The fourth-order valence-electron chi connectivity index (χ4n) is 2.41. The average molecular weight is 287 g/mol. The highest BCUT2D eigenvalue weighted by atomic mass is 19.1. The minimum Gasteiger partial charge on any atom is -0.494 e. The Morgan fingerprint density at radius 1 is 1.00 bits per heavy atom. The van der Waals surface area contributed by atoms with Gasteiger partial charge in [0, 0.05) is 17.6 Å². The maximum absolute atomic E-state index is 13.8. The number of hydrogen-bond donors (Lipinski definition) is 1. The Labute approximate surface area is 126 Å². The number of benzene rings is 2. The Balaban J connectivity index is 2.03. The van der Waals surface area contributed by atoms with E-state index in [0.717, 1.165) is 11.3 Å². The van der Waals surface area contributed by atoms with Crippen LogP contribution in [0.1, 0.15) is 44.0 Å². The van der Waals surface area contributed by atoms with Crippen molar-refractivity contribution < 1.29 is 9.13 Å². The van der Waals surface area contributed by atoms with Crippen molar-refractivity contribution in [3.8, 4) is 5.75 Å². The molecule has 0 bridgehead atoms. The highest BCUT2D eigenvalue weighted by molar-refractivity contribution is 5.29. The fourth-order valence-corrected chi connectivity index (χ4v) is 2.41. The zero-order chi connectivity index (χ0) is 15.2. The van der Waals surface area contributed by atoms with E-state index in [9.17, 15) is 4.39 Å². The lowest BCUT2D eigenvalue weighted by molar-refractivity contribution is 0.340. The van der Waals surface area contributed by atoms with Gasteiger partial charge in [0.2, 0.25) is 0 Å². The number of rotatable bonds is 6. The first-order valence-corrected chi connectivity index (χ1v) is 7.35. The Morgan fingerprint density at radius 2 is 1.67 bits per heavy atom. The topological polar surface area (TPSA) is 21.3 Å². The molecule has 0 aliphatic carbocycles. The van der Waals surface area contributed by atoms with Crippen LogP contribution in [0.25, 0.3) is 0 Å². The molecule has 1 N–H and O–H groups in total. The molecule has 0 aromatic heterocycles. The zero-order valence-corrected chi connectivity index (χ0v) is 12.8. The van der Waals surface area contributed by atoms with Crippen molar-refractivity contribution in [2.24, 2.45) is 0 Å². The smallest absolute Gasteiger partial charge is 0.127 e. The van der Waals surface area contributed by atoms with E-state index >= 15 is 0 Å². The molecule has 0 aliphatic heterocycles. The molecule has 0 aliphatic rings. The van der Waals surface area contributed by atoms with Gasteiger partial charge in [-0.1, -0.05) is 30.3 Å². The van der Waals surface area contributed by atoms with Crippen molar-refractivity contribution in [1.29, 1.82) is 0 Å². The van der Waals surface area contributed by atoms with E-state index < -0.39 is 0 Å². The number of halogens is 1. The summed E-state index contributed by atoms with van der Waals surface area (Å²) in [5.41, 5.74) is 1.84. The lowest BCUT2D eigenvalue weighted by atomic mass is 10.0. The highest BCUT2D eigenvalue weighted by Crippen LogP contribution is 2.22. The van der Waals surface area contributed by atoms with Crippen molar-refractivity contribution in [2.75, 3.05) is 6.61 Å². The van der Waals surface area contributed by atoms with Gasteiger partial charge in [0.15, 0.2) is 0 Å². The second-order valence-electron chi connectivity index (χ2n) is 5.13. The SMILES string of the molecule is CCOc1ccc(C(C)N[C@H](C)c2ccccc2F)cc1. The van der Waals surface area contributed by atoms with Crippen LogP contribution >= 0.6 is 0 Å². The summed E-state index contributed by atoms with van der Waals surface area (Å²) < 4.78 is 19.2. The second kappa shape index (κ2) is 7.23. The fraction of sp³-hybridized carbons (Fsp3) is 0.333. The molecule has 0 saturated carbocycles. The van der Waals surface area contributed by atoms with E-state index in [1.165, 1.54) is 6.07 Å². The summed E-state index contributed by atoms with van der Waals surface area (Å²) in [7, 11) is 0. The summed E-state index contributed by atoms with van der Waals surface area (Å²) in [5, 5.41) is 3.42. The first-order chi connectivity index (χ1) is 10.1. The lowest BCUT2D eigenvalue weighted by Gasteiger charge is -2.21. The molecule has 2 rings (SSSR count). The van der Waals surface area contributed by atoms with Crippen LogP contribution in [0, 0.1) is 5.82 Å². The van der Waals surface area contributed by atoms with E-state index in [4.69, 9.17) is 4.74 Å². The van der Waals surface area contributed by atoms with Gasteiger partial charge in [-0.15, -0.1) is 0 Å². The van der Waals surface area contributed by atoms with Crippen LogP contribution in [-0.2, 0) is 0 Å². The summed E-state index contributed by atoms with van der Waals surface area (Å²) in [5.74, 6) is 0.701. The molecule has 0 heterocycles. The van der Waals surface area contributed by atoms with Gasteiger partial charge in [-0.3, -0.25) is 0 Å². The molecule has 0 spiro atoms. The van der Waals surface area contributed by atoms with Gasteiger partial charge in [-0.25, -0.2) is 4.39 Å². The van der Waals surface area contributed by atoms with Crippen molar-refractivity contribution in [3.05, 3.63) is 65.5 Å². The van der Waals surface area contributed by atoms with E-state index in [-0.39, 0.29) is 17.9 Å². The lowest BCUT2D eigenvalue weighted by Crippen LogP contribution is -2.23. The maximum Gasteiger partial charge on any atom is 0.127 e. The van der Waals surface area contributed by atoms with Crippen molar-refractivity contribution >= 4 is 0 Å². The number of hydrogen-bond acceptors (Lipinski definition) is 2. The van der Waals surface area contributed by atoms with Gasteiger partial charge >= 0.3 is 0 Å². The maximum atomic E-state index is 13.8. The van der Waals surface area contributed by atoms with Crippen molar-refractivity contribution in [3.63, 3.8) is 0 Å².